The molecule has 1 fully saturated rings. The molecular formula is C21H22N2O2S. The molecule has 2 aromatic rings. The first-order chi connectivity index (χ1) is 12.6. The molecule has 0 radical (unpaired) electrons. The summed E-state index contributed by atoms with van der Waals surface area (Å²) in [5.74, 6) is 0.336. The van der Waals surface area contributed by atoms with Crippen LogP contribution < -0.4 is 5.73 Å². The second-order valence-corrected chi connectivity index (χ2v) is 7.44. The van der Waals surface area contributed by atoms with Crippen LogP contribution in [0.2, 0.25) is 0 Å². The van der Waals surface area contributed by atoms with E-state index in [-0.39, 0.29) is 17.9 Å². The number of nitrogens with two attached hydrogens (primary N) is 1. The summed E-state index contributed by atoms with van der Waals surface area (Å²) in [4.78, 5) is 14.8. The van der Waals surface area contributed by atoms with Gasteiger partial charge in [-0.3, -0.25) is 0 Å². The molecule has 1 heterocycles. The number of carbonyl (C=O) groups is 1. The third kappa shape index (κ3) is 3.07. The number of hydrogen-bond donors (Lipinski definition) is 1. The third-order valence-electron chi connectivity index (χ3n) is 5.49. The number of benzene rings is 2. The molecule has 0 saturated carbocycles. The number of thiocarbonyl (C=S) groups is 1. The first-order valence-electron chi connectivity index (χ1n) is 9.04. The topological polar surface area (TPSA) is 55.6 Å². The van der Waals surface area contributed by atoms with Crippen LogP contribution in [0.3, 0.4) is 0 Å². The van der Waals surface area contributed by atoms with Crippen LogP contribution in [-0.4, -0.2) is 35.7 Å². The number of amides is 1. The standard InChI is InChI=1S/C21H22N2O2S/c22-20(26)14-9-11-23(12-10-14)21(24)25-13-19-17-7-3-1-5-15(17)16-6-2-4-8-18(16)19/h1-8,14,19H,9-13H2,(H2,22,26). The normalized spacial score (nSPS) is 16.8. The predicted molar refractivity (Wildman–Crippen MR) is 106 cm³/mol. The van der Waals surface area contributed by atoms with E-state index in [1.54, 1.807) is 4.90 Å². The predicted octanol–water partition coefficient (Wildman–Crippen LogP) is 3.93. The summed E-state index contributed by atoms with van der Waals surface area (Å²) in [6.07, 6.45) is 1.40. The number of rotatable bonds is 3. The number of carbonyl (C=O) groups excluding carboxylic acids is 1. The van der Waals surface area contributed by atoms with Crippen LogP contribution in [0.5, 0.6) is 0 Å². The van der Waals surface area contributed by atoms with Crippen LogP contribution in [0.1, 0.15) is 29.9 Å². The van der Waals surface area contributed by atoms with E-state index < -0.39 is 0 Å². The third-order valence-corrected chi connectivity index (χ3v) is 5.82. The Bertz CT molecular complexity index is 798. The fourth-order valence-corrected chi connectivity index (χ4v) is 4.27. The van der Waals surface area contributed by atoms with E-state index in [1.807, 2.05) is 12.1 Å². The minimum Gasteiger partial charge on any atom is -0.448 e. The van der Waals surface area contributed by atoms with Crippen molar-refractivity contribution < 1.29 is 9.53 Å². The first kappa shape index (κ1) is 17.0. The lowest BCUT2D eigenvalue weighted by Crippen LogP contribution is -2.41. The molecule has 1 aliphatic carbocycles. The van der Waals surface area contributed by atoms with Crippen LogP contribution in [0.4, 0.5) is 4.79 Å². The van der Waals surface area contributed by atoms with Gasteiger partial charge in [0.05, 0.1) is 4.99 Å². The van der Waals surface area contributed by atoms with Gasteiger partial charge in [0.25, 0.3) is 0 Å². The van der Waals surface area contributed by atoms with Gasteiger partial charge in [0.15, 0.2) is 0 Å². The minimum atomic E-state index is -0.242. The number of likely N-dealkylation sites (tertiary alicyclic amines) is 1. The van der Waals surface area contributed by atoms with Gasteiger partial charge in [0, 0.05) is 24.9 Å². The molecule has 2 aromatic carbocycles. The van der Waals surface area contributed by atoms with E-state index in [4.69, 9.17) is 22.7 Å². The summed E-state index contributed by atoms with van der Waals surface area (Å²) in [5, 5.41) is 0. The van der Waals surface area contributed by atoms with E-state index in [0.29, 0.717) is 24.7 Å². The molecular weight excluding hydrogens is 344 g/mol. The van der Waals surface area contributed by atoms with Gasteiger partial charge in [0.1, 0.15) is 6.61 Å². The summed E-state index contributed by atoms with van der Waals surface area (Å²) in [5.41, 5.74) is 10.7. The second-order valence-electron chi connectivity index (χ2n) is 6.97. The van der Waals surface area contributed by atoms with Crippen molar-refractivity contribution >= 4 is 23.3 Å². The van der Waals surface area contributed by atoms with Crippen molar-refractivity contribution in [3.8, 4) is 11.1 Å². The van der Waals surface area contributed by atoms with Crippen molar-refractivity contribution in [2.75, 3.05) is 19.7 Å². The number of fused-ring (bicyclic) bond motifs is 3. The number of piperidine rings is 1. The minimum absolute atomic E-state index is 0.0977. The van der Waals surface area contributed by atoms with Crippen molar-refractivity contribution in [2.24, 2.45) is 11.7 Å². The Hall–Kier alpha value is -2.40. The monoisotopic (exact) mass is 366 g/mol. The van der Waals surface area contributed by atoms with Crippen LogP contribution >= 0.6 is 12.2 Å². The molecule has 0 bridgehead atoms. The van der Waals surface area contributed by atoms with E-state index in [0.717, 1.165) is 12.8 Å². The van der Waals surface area contributed by atoms with E-state index in [1.165, 1.54) is 22.3 Å². The van der Waals surface area contributed by atoms with Crippen molar-refractivity contribution in [1.82, 2.24) is 4.90 Å². The molecule has 2 aliphatic rings. The Morgan fingerprint density at radius 3 is 2.12 bits per heavy atom. The molecule has 0 spiro atoms. The Labute approximate surface area is 158 Å². The van der Waals surface area contributed by atoms with Crippen molar-refractivity contribution in [3.63, 3.8) is 0 Å². The van der Waals surface area contributed by atoms with Crippen molar-refractivity contribution in [3.05, 3.63) is 59.7 Å². The maximum absolute atomic E-state index is 12.5. The zero-order chi connectivity index (χ0) is 18.1. The van der Waals surface area contributed by atoms with Gasteiger partial charge in [-0.2, -0.15) is 0 Å². The lowest BCUT2D eigenvalue weighted by Gasteiger charge is -2.31. The fourth-order valence-electron chi connectivity index (χ4n) is 4.03. The summed E-state index contributed by atoms with van der Waals surface area (Å²) >= 11 is 5.06. The summed E-state index contributed by atoms with van der Waals surface area (Å²) in [6.45, 7) is 1.67. The van der Waals surface area contributed by atoms with E-state index in [9.17, 15) is 4.79 Å². The maximum Gasteiger partial charge on any atom is 0.409 e. The summed E-state index contributed by atoms with van der Waals surface area (Å²) in [6, 6.07) is 16.7. The van der Waals surface area contributed by atoms with Gasteiger partial charge in [-0.15, -0.1) is 0 Å². The Morgan fingerprint density at radius 2 is 1.58 bits per heavy atom. The Kier molecular flexibility index (Phi) is 4.64. The molecule has 26 heavy (non-hydrogen) atoms. The molecule has 4 rings (SSSR count). The van der Waals surface area contributed by atoms with Crippen LogP contribution in [0.15, 0.2) is 48.5 Å². The quantitative estimate of drug-likeness (QED) is 0.836. The molecule has 2 N–H and O–H groups in total. The molecule has 1 saturated heterocycles. The van der Waals surface area contributed by atoms with Gasteiger partial charge in [-0.1, -0.05) is 60.7 Å². The van der Waals surface area contributed by atoms with Gasteiger partial charge >= 0.3 is 6.09 Å². The lowest BCUT2D eigenvalue weighted by molar-refractivity contribution is 0.0899. The van der Waals surface area contributed by atoms with Gasteiger partial charge in [-0.05, 0) is 35.1 Å². The summed E-state index contributed by atoms with van der Waals surface area (Å²) in [7, 11) is 0. The van der Waals surface area contributed by atoms with Crippen LogP contribution in [0.25, 0.3) is 11.1 Å². The highest BCUT2D eigenvalue weighted by atomic mass is 32.1. The largest absolute Gasteiger partial charge is 0.448 e. The molecule has 0 unspecified atom stereocenters. The molecule has 1 aliphatic heterocycles. The van der Waals surface area contributed by atoms with Crippen LogP contribution in [0, 0.1) is 5.92 Å². The summed E-state index contributed by atoms with van der Waals surface area (Å²) < 4.78 is 5.70. The van der Waals surface area contributed by atoms with Gasteiger partial charge in [0.2, 0.25) is 0 Å². The average molecular weight is 366 g/mol. The highest BCUT2D eigenvalue weighted by Crippen LogP contribution is 2.44. The van der Waals surface area contributed by atoms with E-state index in [2.05, 4.69) is 36.4 Å². The zero-order valence-corrected chi connectivity index (χ0v) is 15.4. The molecule has 1 amide bonds. The maximum atomic E-state index is 12.5. The van der Waals surface area contributed by atoms with Gasteiger partial charge in [-0.25, -0.2) is 4.79 Å². The molecule has 134 valence electrons. The lowest BCUT2D eigenvalue weighted by atomic mass is 9.97. The van der Waals surface area contributed by atoms with Crippen molar-refractivity contribution in [1.29, 1.82) is 0 Å². The molecule has 0 aromatic heterocycles. The fraction of sp³-hybridized carbons (Fsp3) is 0.333. The SMILES string of the molecule is NC(=S)C1CCN(C(=O)OCC2c3ccccc3-c3ccccc32)CC1. The van der Waals surface area contributed by atoms with Crippen LogP contribution in [-0.2, 0) is 4.74 Å². The number of ether oxygens (including phenoxy) is 1. The average Bonchev–Trinajstić information content (AvgIpc) is 3.00. The van der Waals surface area contributed by atoms with Crippen molar-refractivity contribution in [2.45, 2.75) is 18.8 Å². The second kappa shape index (κ2) is 7.08. The van der Waals surface area contributed by atoms with Gasteiger partial charge < -0.3 is 15.4 Å². The Balaban J connectivity index is 1.44. The smallest absolute Gasteiger partial charge is 0.409 e. The number of hydrogen-bond acceptors (Lipinski definition) is 3. The molecule has 4 nitrogen and oxygen atoms in total. The zero-order valence-electron chi connectivity index (χ0n) is 14.6. The molecule has 0 atom stereocenters. The Morgan fingerprint density at radius 1 is 1.04 bits per heavy atom. The van der Waals surface area contributed by atoms with E-state index >= 15 is 0 Å². The highest BCUT2D eigenvalue weighted by Gasteiger charge is 2.30. The number of nitrogens with zero attached hydrogens (tertiary/aromatic N) is 1. The highest BCUT2D eigenvalue weighted by molar-refractivity contribution is 7.80. The molecule has 5 heteroatoms. The first-order valence-corrected chi connectivity index (χ1v) is 9.45.